The Bertz CT molecular complexity index is 435. The summed E-state index contributed by atoms with van der Waals surface area (Å²) in [5, 5.41) is 0. The number of nitrogens with zero attached hydrogens (tertiary/aromatic N) is 1. The summed E-state index contributed by atoms with van der Waals surface area (Å²) >= 11 is 0. The Hall–Kier alpha value is -1.62. The summed E-state index contributed by atoms with van der Waals surface area (Å²) in [7, 11) is 5.01. The fourth-order valence-corrected chi connectivity index (χ4v) is 1.84. The highest BCUT2D eigenvalue weighted by molar-refractivity contribution is 5.70. The van der Waals surface area contributed by atoms with Gasteiger partial charge < -0.3 is 14.4 Å². The number of rotatable bonds is 6. The van der Waals surface area contributed by atoms with Gasteiger partial charge in [0.2, 0.25) is 0 Å². The van der Waals surface area contributed by atoms with Gasteiger partial charge in [-0.3, -0.25) is 4.79 Å². The standard InChI is InChI=1S/C14H20FNO3/c1-5-19-13-7-6-10(8-11(13)15)12(16(2)3)9-14(17)18-4/h6-8,12H,5,9H2,1-4H3. The molecule has 0 saturated heterocycles. The lowest BCUT2D eigenvalue weighted by Gasteiger charge is -2.24. The van der Waals surface area contributed by atoms with Gasteiger partial charge in [-0.05, 0) is 38.7 Å². The van der Waals surface area contributed by atoms with Gasteiger partial charge in [0, 0.05) is 6.04 Å². The lowest BCUT2D eigenvalue weighted by Crippen LogP contribution is -2.23. The first kappa shape index (κ1) is 15.4. The number of hydrogen-bond acceptors (Lipinski definition) is 4. The molecular formula is C14H20FNO3. The number of methoxy groups -OCH3 is 1. The average molecular weight is 269 g/mol. The number of halogens is 1. The summed E-state index contributed by atoms with van der Waals surface area (Å²) in [6, 6.07) is 4.53. The monoisotopic (exact) mass is 269 g/mol. The van der Waals surface area contributed by atoms with E-state index >= 15 is 0 Å². The van der Waals surface area contributed by atoms with Crippen molar-refractivity contribution in [3.63, 3.8) is 0 Å². The van der Waals surface area contributed by atoms with Crippen LogP contribution in [0.15, 0.2) is 18.2 Å². The highest BCUT2D eigenvalue weighted by Crippen LogP contribution is 2.27. The molecule has 0 radical (unpaired) electrons. The van der Waals surface area contributed by atoms with Crippen LogP contribution in [0.25, 0.3) is 0 Å². The lowest BCUT2D eigenvalue weighted by molar-refractivity contribution is -0.141. The molecule has 0 N–H and O–H groups in total. The molecule has 19 heavy (non-hydrogen) atoms. The van der Waals surface area contributed by atoms with E-state index in [4.69, 9.17) is 4.74 Å². The summed E-state index contributed by atoms with van der Waals surface area (Å²) in [5.41, 5.74) is 0.719. The summed E-state index contributed by atoms with van der Waals surface area (Å²) in [5.74, 6) is -0.522. The van der Waals surface area contributed by atoms with Crippen LogP contribution >= 0.6 is 0 Å². The third-order valence-electron chi connectivity index (χ3n) is 2.85. The summed E-state index contributed by atoms with van der Waals surface area (Å²) in [6.07, 6.45) is 0.178. The molecule has 1 rings (SSSR count). The molecule has 0 aliphatic carbocycles. The van der Waals surface area contributed by atoms with Crippen molar-refractivity contribution in [2.24, 2.45) is 0 Å². The van der Waals surface area contributed by atoms with E-state index in [-0.39, 0.29) is 24.2 Å². The zero-order valence-corrected chi connectivity index (χ0v) is 11.8. The SMILES string of the molecule is CCOc1ccc(C(CC(=O)OC)N(C)C)cc1F. The summed E-state index contributed by atoms with van der Waals surface area (Å²) in [6.45, 7) is 2.21. The minimum atomic E-state index is -0.420. The van der Waals surface area contributed by atoms with Gasteiger partial charge in [0.15, 0.2) is 11.6 Å². The van der Waals surface area contributed by atoms with Crippen LogP contribution in [-0.4, -0.2) is 38.7 Å². The zero-order chi connectivity index (χ0) is 14.4. The molecule has 4 nitrogen and oxygen atoms in total. The number of carbonyl (C=O) groups excluding carboxylic acids is 1. The largest absolute Gasteiger partial charge is 0.491 e. The van der Waals surface area contributed by atoms with Gasteiger partial charge >= 0.3 is 5.97 Å². The molecule has 1 atom stereocenters. The van der Waals surface area contributed by atoms with Gasteiger partial charge in [-0.25, -0.2) is 4.39 Å². The third kappa shape index (κ3) is 4.21. The maximum atomic E-state index is 13.8. The Labute approximate surface area is 113 Å². The van der Waals surface area contributed by atoms with Crippen LogP contribution in [0.5, 0.6) is 5.75 Å². The normalized spacial score (nSPS) is 12.3. The third-order valence-corrected chi connectivity index (χ3v) is 2.85. The molecule has 0 saturated carbocycles. The molecule has 0 aliphatic rings. The van der Waals surface area contributed by atoms with Crippen LogP contribution < -0.4 is 4.74 Å². The molecule has 1 unspecified atom stereocenters. The van der Waals surface area contributed by atoms with Crippen molar-refractivity contribution >= 4 is 5.97 Å². The fraction of sp³-hybridized carbons (Fsp3) is 0.500. The first-order chi connectivity index (χ1) is 8.99. The molecule has 0 aromatic heterocycles. The lowest BCUT2D eigenvalue weighted by atomic mass is 10.0. The molecule has 1 aromatic rings. The maximum Gasteiger partial charge on any atom is 0.307 e. The van der Waals surface area contributed by atoms with Crippen molar-refractivity contribution in [3.05, 3.63) is 29.6 Å². The van der Waals surface area contributed by atoms with Gasteiger partial charge in [0.25, 0.3) is 0 Å². The molecule has 5 heteroatoms. The highest BCUT2D eigenvalue weighted by atomic mass is 19.1. The van der Waals surface area contributed by atoms with E-state index < -0.39 is 5.82 Å². The van der Waals surface area contributed by atoms with Gasteiger partial charge in [0.05, 0.1) is 20.1 Å². The molecule has 0 amide bonds. The quantitative estimate of drug-likeness (QED) is 0.743. The van der Waals surface area contributed by atoms with Crippen molar-refractivity contribution in [1.29, 1.82) is 0 Å². The van der Waals surface area contributed by atoms with Crippen LogP contribution in [-0.2, 0) is 9.53 Å². The minimum Gasteiger partial charge on any atom is -0.491 e. The van der Waals surface area contributed by atoms with Gasteiger partial charge in [-0.2, -0.15) is 0 Å². The second-order valence-corrected chi connectivity index (χ2v) is 4.38. The predicted molar refractivity (Wildman–Crippen MR) is 70.6 cm³/mol. The molecule has 106 valence electrons. The minimum absolute atomic E-state index is 0.178. The Morgan fingerprint density at radius 3 is 2.58 bits per heavy atom. The number of benzene rings is 1. The Balaban J connectivity index is 2.97. The molecule has 1 aromatic carbocycles. The van der Waals surface area contributed by atoms with Crippen molar-refractivity contribution in [2.45, 2.75) is 19.4 Å². The Morgan fingerprint density at radius 1 is 1.42 bits per heavy atom. The van der Waals surface area contributed by atoms with E-state index in [1.165, 1.54) is 13.2 Å². The van der Waals surface area contributed by atoms with Crippen LogP contribution in [0.3, 0.4) is 0 Å². The Kier molecular flexibility index (Phi) is 5.76. The van der Waals surface area contributed by atoms with Crippen LogP contribution in [0.4, 0.5) is 4.39 Å². The van der Waals surface area contributed by atoms with Crippen molar-refractivity contribution in [1.82, 2.24) is 4.90 Å². The zero-order valence-electron chi connectivity index (χ0n) is 11.8. The number of hydrogen-bond donors (Lipinski definition) is 0. The molecular weight excluding hydrogens is 249 g/mol. The Morgan fingerprint density at radius 2 is 2.11 bits per heavy atom. The van der Waals surface area contributed by atoms with Crippen molar-refractivity contribution in [2.75, 3.05) is 27.8 Å². The maximum absolute atomic E-state index is 13.8. The van der Waals surface area contributed by atoms with E-state index in [1.807, 2.05) is 19.0 Å². The van der Waals surface area contributed by atoms with E-state index in [9.17, 15) is 9.18 Å². The molecule has 0 spiro atoms. The van der Waals surface area contributed by atoms with Crippen molar-refractivity contribution < 1.29 is 18.7 Å². The summed E-state index contributed by atoms with van der Waals surface area (Å²) < 4.78 is 23.6. The van der Waals surface area contributed by atoms with E-state index in [2.05, 4.69) is 4.74 Å². The van der Waals surface area contributed by atoms with Crippen LogP contribution in [0.1, 0.15) is 24.9 Å². The van der Waals surface area contributed by atoms with Gasteiger partial charge in [0.1, 0.15) is 0 Å². The molecule has 0 bridgehead atoms. The highest BCUT2D eigenvalue weighted by Gasteiger charge is 2.20. The fourth-order valence-electron chi connectivity index (χ4n) is 1.84. The number of esters is 1. The first-order valence-corrected chi connectivity index (χ1v) is 6.15. The molecule has 0 heterocycles. The number of ether oxygens (including phenoxy) is 2. The molecule has 0 fully saturated rings. The first-order valence-electron chi connectivity index (χ1n) is 6.15. The van der Waals surface area contributed by atoms with Crippen LogP contribution in [0.2, 0.25) is 0 Å². The van der Waals surface area contributed by atoms with Crippen molar-refractivity contribution in [3.8, 4) is 5.75 Å². The molecule has 0 aliphatic heterocycles. The second-order valence-electron chi connectivity index (χ2n) is 4.38. The van der Waals surface area contributed by atoms with E-state index in [0.29, 0.717) is 6.61 Å². The number of carbonyl (C=O) groups is 1. The summed E-state index contributed by atoms with van der Waals surface area (Å²) in [4.78, 5) is 13.2. The average Bonchev–Trinajstić information content (AvgIpc) is 2.38. The van der Waals surface area contributed by atoms with Gasteiger partial charge in [-0.1, -0.05) is 6.07 Å². The second kappa shape index (κ2) is 7.09. The van der Waals surface area contributed by atoms with Gasteiger partial charge in [-0.15, -0.1) is 0 Å². The smallest absolute Gasteiger partial charge is 0.307 e. The predicted octanol–water partition coefficient (Wildman–Crippen LogP) is 2.39. The van der Waals surface area contributed by atoms with E-state index in [0.717, 1.165) is 5.56 Å². The van der Waals surface area contributed by atoms with E-state index in [1.54, 1.807) is 19.1 Å². The topological polar surface area (TPSA) is 38.8 Å². The van der Waals surface area contributed by atoms with Crippen LogP contribution in [0, 0.1) is 5.82 Å².